The minimum atomic E-state index is -0.553. The Morgan fingerprint density at radius 3 is 1.35 bits per heavy atom. The number of nitrogens with zero attached hydrogens (tertiary/aromatic N) is 3. The minimum absolute atomic E-state index is 0.00829. The maximum atomic E-state index is 14.2. The van der Waals surface area contributed by atoms with Gasteiger partial charge in [0.2, 0.25) is 11.8 Å². The lowest BCUT2D eigenvalue weighted by atomic mass is 10.0. The molecule has 316 valence electrons. The molecule has 0 unspecified atom stereocenters. The highest BCUT2D eigenvalue weighted by Gasteiger charge is 2.26. The molecule has 1 heterocycles. The number of quaternary nitrogens is 1. The SMILES string of the molecule is CCCCCCCCCCCCCCCCN(CCCCCCCCCCCCCCCC)C(=O)[C@H](Cc1cnc[nH]1)NC(=O)CCCCC[N+](C)(C)C. The number of aromatic amines is 1. The lowest BCUT2D eigenvalue weighted by Gasteiger charge is -2.28. The number of amides is 2. The van der Waals surface area contributed by atoms with Crippen LogP contribution in [0.25, 0.3) is 0 Å². The first-order chi connectivity index (χ1) is 26.3. The van der Waals surface area contributed by atoms with Crippen LogP contribution in [0.1, 0.15) is 225 Å². The Balaban J connectivity index is 2.55. The van der Waals surface area contributed by atoms with Crippen molar-refractivity contribution in [1.29, 1.82) is 0 Å². The van der Waals surface area contributed by atoms with Crippen molar-refractivity contribution in [3.8, 4) is 0 Å². The fourth-order valence-electron chi connectivity index (χ4n) is 7.68. The maximum Gasteiger partial charge on any atom is 0.245 e. The molecule has 2 N–H and O–H groups in total. The fraction of sp³-hybridized carbons (Fsp3) is 0.894. The number of H-pyrrole nitrogens is 1. The van der Waals surface area contributed by atoms with Gasteiger partial charge in [-0.1, -0.05) is 181 Å². The molecular formula is C47H92N5O2+. The molecule has 1 aromatic rings. The standard InChI is InChI=1S/C47H91N5O2/c1-6-8-10-12-14-16-18-20-22-24-26-28-30-34-38-51(39-35-31-29-27-25-23-21-19-17-15-13-11-9-7-2)47(54)45(41-44-42-48-43-49-44)50-46(53)37-33-32-36-40-52(3,4)5/h42-43,45H,6-41H2,1-5H3,(H-,48,49,50,53)/p+1/t45-/m0/s1. The van der Waals surface area contributed by atoms with Gasteiger partial charge in [0.1, 0.15) is 6.04 Å². The van der Waals surface area contributed by atoms with Crippen LogP contribution in [0.5, 0.6) is 0 Å². The predicted molar refractivity (Wildman–Crippen MR) is 233 cm³/mol. The summed E-state index contributed by atoms with van der Waals surface area (Å²) >= 11 is 0. The zero-order valence-electron chi connectivity index (χ0n) is 36.8. The summed E-state index contributed by atoms with van der Waals surface area (Å²) in [6.45, 7) is 7.26. The second-order valence-electron chi connectivity index (χ2n) is 17.7. The number of hydrogen-bond acceptors (Lipinski definition) is 3. The summed E-state index contributed by atoms with van der Waals surface area (Å²) in [5.74, 6) is 0.0680. The number of rotatable bonds is 40. The lowest BCUT2D eigenvalue weighted by Crippen LogP contribution is -2.50. The molecule has 54 heavy (non-hydrogen) atoms. The number of imidazole rings is 1. The minimum Gasteiger partial charge on any atom is -0.348 e. The number of carbonyl (C=O) groups excluding carboxylic acids is 2. The normalized spacial score (nSPS) is 12.3. The number of carbonyl (C=O) groups is 2. The topological polar surface area (TPSA) is 78.1 Å². The Hall–Kier alpha value is -1.89. The molecule has 1 atom stereocenters. The first-order valence-corrected chi connectivity index (χ1v) is 23.6. The molecule has 7 heteroatoms. The zero-order valence-corrected chi connectivity index (χ0v) is 36.8. The lowest BCUT2D eigenvalue weighted by molar-refractivity contribution is -0.870. The van der Waals surface area contributed by atoms with Crippen LogP contribution in [0.2, 0.25) is 0 Å². The van der Waals surface area contributed by atoms with Crippen molar-refractivity contribution in [1.82, 2.24) is 20.2 Å². The van der Waals surface area contributed by atoms with Gasteiger partial charge in [0.05, 0.1) is 34.0 Å². The third kappa shape index (κ3) is 31.3. The molecule has 0 aliphatic rings. The number of hydrogen-bond donors (Lipinski definition) is 2. The monoisotopic (exact) mass is 759 g/mol. The van der Waals surface area contributed by atoms with Crippen LogP contribution < -0.4 is 5.32 Å². The summed E-state index contributed by atoms with van der Waals surface area (Å²) in [6, 6.07) is -0.553. The summed E-state index contributed by atoms with van der Waals surface area (Å²) in [5, 5.41) is 3.16. The predicted octanol–water partition coefficient (Wildman–Crippen LogP) is 12.5. The van der Waals surface area contributed by atoms with E-state index in [0.717, 1.165) is 61.9 Å². The van der Waals surface area contributed by atoms with E-state index in [9.17, 15) is 9.59 Å². The molecule has 0 saturated heterocycles. The van der Waals surface area contributed by atoms with E-state index in [-0.39, 0.29) is 11.8 Å². The van der Waals surface area contributed by atoms with Crippen molar-refractivity contribution in [3.05, 3.63) is 18.2 Å². The largest absolute Gasteiger partial charge is 0.348 e. The molecule has 0 fully saturated rings. The number of nitrogens with one attached hydrogen (secondary N) is 2. The van der Waals surface area contributed by atoms with Crippen LogP contribution in [0, 0.1) is 0 Å². The van der Waals surface area contributed by atoms with Gasteiger partial charge < -0.3 is 19.7 Å². The van der Waals surface area contributed by atoms with E-state index in [2.05, 4.69) is 55.2 Å². The van der Waals surface area contributed by atoms with Crippen molar-refractivity contribution in [2.45, 2.75) is 232 Å². The highest BCUT2D eigenvalue weighted by Crippen LogP contribution is 2.16. The first kappa shape index (κ1) is 50.1. The smallest absolute Gasteiger partial charge is 0.245 e. The summed E-state index contributed by atoms with van der Waals surface area (Å²) < 4.78 is 0.946. The molecule has 0 aromatic carbocycles. The molecular weight excluding hydrogens is 667 g/mol. The van der Waals surface area contributed by atoms with Gasteiger partial charge in [0.15, 0.2) is 0 Å². The highest BCUT2D eigenvalue weighted by atomic mass is 16.2. The summed E-state index contributed by atoms with van der Waals surface area (Å²) in [4.78, 5) is 36.8. The molecule has 0 radical (unpaired) electrons. The Morgan fingerprint density at radius 1 is 0.593 bits per heavy atom. The van der Waals surface area contributed by atoms with Gasteiger partial charge in [0.25, 0.3) is 0 Å². The molecule has 0 spiro atoms. The second-order valence-corrected chi connectivity index (χ2v) is 17.7. The molecule has 1 aromatic heterocycles. The summed E-state index contributed by atoms with van der Waals surface area (Å²) in [6.07, 6.45) is 44.6. The highest BCUT2D eigenvalue weighted by molar-refractivity contribution is 5.87. The van der Waals surface area contributed by atoms with E-state index < -0.39 is 6.04 Å². The summed E-state index contributed by atoms with van der Waals surface area (Å²) in [5.41, 5.74) is 0.893. The van der Waals surface area contributed by atoms with Gasteiger partial charge in [0, 0.05) is 37.8 Å². The fourth-order valence-corrected chi connectivity index (χ4v) is 7.68. The van der Waals surface area contributed by atoms with E-state index >= 15 is 0 Å². The van der Waals surface area contributed by atoms with Crippen LogP contribution in [0.15, 0.2) is 12.5 Å². The molecule has 0 bridgehead atoms. The van der Waals surface area contributed by atoms with Gasteiger partial charge in [-0.25, -0.2) is 4.98 Å². The molecule has 7 nitrogen and oxygen atoms in total. The van der Waals surface area contributed by atoms with Crippen LogP contribution in [0.4, 0.5) is 0 Å². The van der Waals surface area contributed by atoms with E-state index in [1.807, 2.05) is 0 Å². The van der Waals surface area contributed by atoms with E-state index in [0.29, 0.717) is 12.8 Å². The van der Waals surface area contributed by atoms with Crippen LogP contribution >= 0.6 is 0 Å². The maximum absolute atomic E-state index is 14.2. The van der Waals surface area contributed by atoms with Crippen molar-refractivity contribution >= 4 is 11.8 Å². The van der Waals surface area contributed by atoms with Crippen molar-refractivity contribution in [2.24, 2.45) is 0 Å². The molecule has 0 saturated carbocycles. The molecule has 0 aliphatic carbocycles. The Morgan fingerprint density at radius 2 is 0.981 bits per heavy atom. The zero-order chi connectivity index (χ0) is 39.4. The van der Waals surface area contributed by atoms with Gasteiger partial charge in [-0.2, -0.15) is 0 Å². The van der Waals surface area contributed by atoms with E-state index in [1.54, 1.807) is 12.5 Å². The van der Waals surface area contributed by atoms with Crippen LogP contribution in [-0.4, -0.2) is 78.0 Å². The molecule has 1 rings (SSSR count). The Labute approximate surface area is 336 Å². The molecule has 0 aliphatic heterocycles. The van der Waals surface area contributed by atoms with Crippen molar-refractivity contribution < 1.29 is 14.1 Å². The van der Waals surface area contributed by atoms with Crippen molar-refractivity contribution in [2.75, 3.05) is 40.8 Å². The quantitative estimate of drug-likeness (QED) is 0.0517. The average Bonchev–Trinajstić information content (AvgIpc) is 3.66. The van der Waals surface area contributed by atoms with Gasteiger partial charge >= 0.3 is 0 Å². The average molecular weight is 759 g/mol. The van der Waals surface area contributed by atoms with Crippen molar-refractivity contribution in [3.63, 3.8) is 0 Å². The van der Waals surface area contributed by atoms with Crippen LogP contribution in [0.3, 0.4) is 0 Å². The third-order valence-electron chi connectivity index (χ3n) is 11.2. The van der Waals surface area contributed by atoms with Gasteiger partial charge in [-0.15, -0.1) is 0 Å². The van der Waals surface area contributed by atoms with E-state index in [4.69, 9.17) is 0 Å². The number of unbranched alkanes of at least 4 members (excludes halogenated alkanes) is 28. The molecule has 2 amide bonds. The third-order valence-corrected chi connectivity index (χ3v) is 11.2. The second kappa shape index (κ2) is 35.5. The first-order valence-electron chi connectivity index (χ1n) is 23.6. The van der Waals surface area contributed by atoms with E-state index in [1.165, 1.54) is 167 Å². The Bertz CT molecular complexity index is 928. The number of aromatic nitrogens is 2. The van der Waals surface area contributed by atoms with Crippen LogP contribution in [-0.2, 0) is 16.0 Å². The summed E-state index contributed by atoms with van der Waals surface area (Å²) in [7, 11) is 6.63. The Kier molecular flexibility index (Phi) is 33.0. The van der Waals surface area contributed by atoms with Gasteiger partial charge in [-0.05, 0) is 32.1 Å². The van der Waals surface area contributed by atoms with Gasteiger partial charge in [-0.3, -0.25) is 9.59 Å².